The van der Waals surface area contributed by atoms with Gasteiger partial charge in [-0.2, -0.15) is 0 Å². The van der Waals surface area contributed by atoms with E-state index < -0.39 is 0 Å². The molecule has 1 aliphatic rings. The number of phenolic OH excluding ortho intramolecular Hbond substituents is 1. The third kappa shape index (κ3) is 2.98. The number of ether oxygens (including phenoxy) is 2. The highest BCUT2D eigenvalue weighted by atomic mass is 16.5. The minimum atomic E-state index is -0.140. The van der Waals surface area contributed by atoms with Crippen LogP contribution in [0.25, 0.3) is 0 Å². The summed E-state index contributed by atoms with van der Waals surface area (Å²) in [4.78, 5) is 14.1. The van der Waals surface area contributed by atoms with E-state index in [9.17, 15) is 9.90 Å². The average molecular weight is 265 g/mol. The Kier molecular flexibility index (Phi) is 4.27. The number of nitrogens with zero attached hydrogens (tertiary/aromatic N) is 1. The Labute approximate surface area is 112 Å². The summed E-state index contributed by atoms with van der Waals surface area (Å²) in [5, 5.41) is 9.87. The van der Waals surface area contributed by atoms with Crippen LogP contribution < -0.4 is 4.74 Å². The van der Waals surface area contributed by atoms with Crippen LogP contribution in [0.4, 0.5) is 0 Å². The Bertz CT molecular complexity index is 461. The molecular formula is C14H19NO4. The fourth-order valence-corrected chi connectivity index (χ4v) is 2.38. The number of hydrogen-bond donors (Lipinski definition) is 1. The van der Waals surface area contributed by atoms with Crippen LogP contribution in [0.2, 0.25) is 0 Å². The zero-order valence-electron chi connectivity index (χ0n) is 11.3. The fourth-order valence-electron chi connectivity index (χ4n) is 2.38. The zero-order valence-corrected chi connectivity index (χ0v) is 11.3. The summed E-state index contributed by atoms with van der Waals surface area (Å²) in [5.41, 5.74) is 0.318. The minimum Gasteiger partial charge on any atom is -0.507 e. The molecule has 0 spiro atoms. The highest BCUT2D eigenvalue weighted by Gasteiger charge is 2.28. The Hall–Kier alpha value is -1.75. The van der Waals surface area contributed by atoms with Gasteiger partial charge in [-0.25, -0.2) is 0 Å². The van der Waals surface area contributed by atoms with Crippen LogP contribution in [0.3, 0.4) is 0 Å². The van der Waals surface area contributed by atoms with E-state index in [4.69, 9.17) is 9.47 Å². The molecule has 104 valence electrons. The average Bonchev–Trinajstić information content (AvgIpc) is 2.87. The largest absolute Gasteiger partial charge is 0.507 e. The van der Waals surface area contributed by atoms with Crippen molar-refractivity contribution in [3.05, 3.63) is 23.8 Å². The Morgan fingerprint density at radius 3 is 2.89 bits per heavy atom. The van der Waals surface area contributed by atoms with Crippen LogP contribution in [0, 0.1) is 5.92 Å². The number of hydrogen-bond acceptors (Lipinski definition) is 4. The molecule has 1 heterocycles. The second-order valence-corrected chi connectivity index (χ2v) is 4.74. The van der Waals surface area contributed by atoms with E-state index in [1.807, 2.05) is 0 Å². The zero-order chi connectivity index (χ0) is 13.8. The van der Waals surface area contributed by atoms with Gasteiger partial charge in [0.05, 0.1) is 19.3 Å². The van der Waals surface area contributed by atoms with Gasteiger partial charge >= 0.3 is 0 Å². The second-order valence-electron chi connectivity index (χ2n) is 4.74. The fraction of sp³-hybridized carbons (Fsp3) is 0.500. The SMILES string of the molecule is COCC1CCN(C(=O)c2ccc(OC)cc2O)C1. The lowest BCUT2D eigenvalue weighted by molar-refractivity contribution is 0.0772. The van der Waals surface area contributed by atoms with Crippen LogP contribution in [0.15, 0.2) is 18.2 Å². The van der Waals surface area contributed by atoms with Gasteiger partial charge in [0.2, 0.25) is 0 Å². The molecule has 1 N–H and O–H groups in total. The predicted octanol–water partition coefficient (Wildman–Crippen LogP) is 1.51. The van der Waals surface area contributed by atoms with Gasteiger partial charge in [-0.3, -0.25) is 4.79 Å². The van der Waals surface area contributed by atoms with Crippen molar-refractivity contribution in [2.75, 3.05) is 33.9 Å². The predicted molar refractivity (Wildman–Crippen MR) is 70.5 cm³/mol. The van der Waals surface area contributed by atoms with E-state index in [1.54, 1.807) is 24.1 Å². The molecule has 1 amide bonds. The number of likely N-dealkylation sites (tertiary alicyclic amines) is 1. The molecule has 1 atom stereocenters. The topological polar surface area (TPSA) is 59.0 Å². The molecule has 1 aromatic rings. The van der Waals surface area contributed by atoms with Gasteiger partial charge in [-0.15, -0.1) is 0 Å². The lowest BCUT2D eigenvalue weighted by Crippen LogP contribution is -2.29. The Morgan fingerprint density at radius 2 is 2.26 bits per heavy atom. The third-order valence-corrected chi connectivity index (χ3v) is 3.41. The number of methoxy groups -OCH3 is 2. The number of amides is 1. The van der Waals surface area contributed by atoms with Crippen molar-refractivity contribution >= 4 is 5.91 Å². The number of benzene rings is 1. The molecule has 0 bridgehead atoms. The van der Waals surface area contributed by atoms with Crippen LogP contribution >= 0.6 is 0 Å². The molecule has 1 saturated heterocycles. The normalized spacial score (nSPS) is 18.6. The maximum atomic E-state index is 12.3. The summed E-state index contributed by atoms with van der Waals surface area (Å²) in [6.07, 6.45) is 0.941. The molecule has 19 heavy (non-hydrogen) atoms. The minimum absolute atomic E-state index is 0.0421. The van der Waals surface area contributed by atoms with Crippen molar-refractivity contribution in [2.24, 2.45) is 5.92 Å². The smallest absolute Gasteiger partial charge is 0.257 e. The van der Waals surface area contributed by atoms with Gasteiger partial charge in [0.25, 0.3) is 5.91 Å². The number of phenols is 1. The summed E-state index contributed by atoms with van der Waals surface area (Å²) in [7, 11) is 3.19. The lowest BCUT2D eigenvalue weighted by Gasteiger charge is -2.17. The van der Waals surface area contributed by atoms with Crippen molar-refractivity contribution in [3.8, 4) is 11.5 Å². The second kappa shape index (κ2) is 5.93. The first-order chi connectivity index (χ1) is 9.15. The van der Waals surface area contributed by atoms with Crippen LogP contribution in [-0.4, -0.2) is 49.8 Å². The highest BCUT2D eigenvalue weighted by Crippen LogP contribution is 2.26. The Balaban J connectivity index is 2.08. The molecule has 0 radical (unpaired) electrons. The highest BCUT2D eigenvalue weighted by molar-refractivity contribution is 5.97. The molecular weight excluding hydrogens is 246 g/mol. The molecule has 1 aliphatic heterocycles. The van der Waals surface area contributed by atoms with Gasteiger partial charge in [0.15, 0.2) is 0 Å². The van der Waals surface area contributed by atoms with Crippen LogP contribution in [0.5, 0.6) is 11.5 Å². The van der Waals surface area contributed by atoms with Crippen molar-refractivity contribution in [2.45, 2.75) is 6.42 Å². The lowest BCUT2D eigenvalue weighted by atomic mass is 10.1. The van der Waals surface area contributed by atoms with E-state index >= 15 is 0 Å². The quantitative estimate of drug-likeness (QED) is 0.896. The molecule has 0 aromatic heterocycles. The number of carbonyl (C=O) groups is 1. The van der Waals surface area contributed by atoms with Crippen molar-refractivity contribution in [1.29, 1.82) is 0 Å². The molecule has 1 fully saturated rings. The summed E-state index contributed by atoms with van der Waals surface area (Å²) < 4.78 is 10.1. The molecule has 2 rings (SSSR count). The summed E-state index contributed by atoms with van der Waals surface area (Å²) in [6.45, 7) is 2.05. The summed E-state index contributed by atoms with van der Waals surface area (Å²) >= 11 is 0. The van der Waals surface area contributed by atoms with E-state index in [-0.39, 0.29) is 11.7 Å². The third-order valence-electron chi connectivity index (χ3n) is 3.41. The molecule has 0 aliphatic carbocycles. The first-order valence-corrected chi connectivity index (χ1v) is 6.31. The van der Waals surface area contributed by atoms with Crippen molar-refractivity contribution in [1.82, 2.24) is 4.90 Å². The molecule has 1 aromatic carbocycles. The number of aromatic hydroxyl groups is 1. The molecule has 0 saturated carbocycles. The first-order valence-electron chi connectivity index (χ1n) is 6.31. The summed E-state index contributed by atoms with van der Waals surface area (Å²) in [6, 6.07) is 4.73. The van der Waals surface area contributed by atoms with Gasteiger partial charge < -0.3 is 19.5 Å². The summed E-state index contributed by atoms with van der Waals surface area (Å²) in [5.74, 6) is 0.736. The maximum absolute atomic E-state index is 12.3. The standard InChI is InChI=1S/C14H19NO4/c1-18-9-10-5-6-15(8-10)14(17)12-4-3-11(19-2)7-13(12)16/h3-4,7,10,16H,5-6,8-9H2,1-2H3. The monoisotopic (exact) mass is 265 g/mol. The van der Waals surface area contributed by atoms with Crippen LogP contribution in [-0.2, 0) is 4.74 Å². The first kappa shape index (κ1) is 13.7. The van der Waals surface area contributed by atoms with Gasteiger partial charge in [0, 0.05) is 32.2 Å². The van der Waals surface area contributed by atoms with E-state index in [1.165, 1.54) is 13.2 Å². The van der Waals surface area contributed by atoms with E-state index in [2.05, 4.69) is 0 Å². The number of rotatable bonds is 4. The molecule has 1 unspecified atom stereocenters. The van der Waals surface area contributed by atoms with Gasteiger partial charge in [0.1, 0.15) is 11.5 Å². The maximum Gasteiger partial charge on any atom is 0.257 e. The molecule has 5 heteroatoms. The van der Waals surface area contributed by atoms with Crippen LogP contribution in [0.1, 0.15) is 16.8 Å². The van der Waals surface area contributed by atoms with Gasteiger partial charge in [-0.05, 0) is 18.6 Å². The Morgan fingerprint density at radius 1 is 1.47 bits per heavy atom. The number of carbonyl (C=O) groups excluding carboxylic acids is 1. The van der Waals surface area contributed by atoms with E-state index in [0.29, 0.717) is 36.9 Å². The molecule has 5 nitrogen and oxygen atoms in total. The van der Waals surface area contributed by atoms with Crippen molar-refractivity contribution in [3.63, 3.8) is 0 Å². The van der Waals surface area contributed by atoms with E-state index in [0.717, 1.165) is 6.42 Å². The van der Waals surface area contributed by atoms with Gasteiger partial charge in [-0.1, -0.05) is 0 Å². The van der Waals surface area contributed by atoms with Crippen molar-refractivity contribution < 1.29 is 19.4 Å².